The highest BCUT2D eigenvalue weighted by Gasteiger charge is 2.27. The molecule has 0 aliphatic carbocycles. The third-order valence-electron chi connectivity index (χ3n) is 4.39. The predicted octanol–water partition coefficient (Wildman–Crippen LogP) is 2.31. The first-order valence-electron chi connectivity index (χ1n) is 8.60. The molecule has 0 saturated heterocycles. The maximum absolute atomic E-state index is 12.8. The van der Waals surface area contributed by atoms with Gasteiger partial charge in [0.1, 0.15) is 5.82 Å². The van der Waals surface area contributed by atoms with Crippen LogP contribution in [-0.4, -0.2) is 33.5 Å². The number of carbonyl (C=O) groups excluding carboxylic acids is 1. The number of nitrogens with one attached hydrogen (secondary N) is 2. The molecule has 2 N–H and O–H groups in total. The Morgan fingerprint density at radius 3 is 3.04 bits per heavy atom. The molecule has 1 amide bonds. The quantitative estimate of drug-likeness (QED) is 0.889. The summed E-state index contributed by atoms with van der Waals surface area (Å²) in [4.78, 5) is 17.1. The van der Waals surface area contributed by atoms with Crippen LogP contribution in [0.5, 0.6) is 0 Å². The van der Waals surface area contributed by atoms with Crippen LogP contribution in [-0.2, 0) is 11.2 Å². The minimum Gasteiger partial charge on any atom is -0.307 e. The number of aromatic nitrogens is 2. The van der Waals surface area contributed by atoms with Crippen LogP contribution >= 0.6 is 0 Å². The van der Waals surface area contributed by atoms with E-state index in [4.69, 9.17) is 0 Å². The summed E-state index contributed by atoms with van der Waals surface area (Å²) in [6.45, 7) is 4.45. The molecule has 132 valence electrons. The fraction of sp³-hybridized carbons (Fsp3) is 0.211. The smallest absolute Gasteiger partial charge is 0.257 e. The van der Waals surface area contributed by atoms with Crippen molar-refractivity contribution < 1.29 is 4.79 Å². The molecule has 0 atom stereocenters. The molecular weight excluding hydrogens is 328 g/mol. The second kappa shape index (κ2) is 6.61. The van der Waals surface area contributed by atoms with Crippen molar-refractivity contribution in [2.24, 2.45) is 4.99 Å². The van der Waals surface area contributed by atoms with Crippen molar-refractivity contribution in [3.05, 3.63) is 65.3 Å². The Bertz CT molecular complexity index is 953. The van der Waals surface area contributed by atoms with Gasteiger partial charge in [-0.1, -0.05) is 25.1 Å². The van der Waals surface area contributed by atoms with Crippen LogP contribution < -0.4 is 10.7 Å². The van der Waals surface area contributed by atoms with Gasteiger partial charge in [-0.15, -0.1) is 0 Å². The topological polar surface area (TPSA) is 74.5 Å². The molecule has 7 heteroatoms. The molecule has 0 spiro atoms. The summed E-state index contributed by atoms with van der Waals surface area (Å²) in [6.07, 6.45) is 6.22. The summed E-state index contributed by atoms with van der Waals surface area (Å²) in [7, 11) is 0. The molecule has 2 aromatic rings. The Balaban J connectivity index is 1.67. The summed E-state index contributed by atoms with van der Waals surface area (Å²) >= 11 is 0. The third kappa shape index (κ3) is 2.82. The number of fused-ring (bicyclic) bond motifs is 1. The molecule has 2 aliphatic heterocycles. The van der Waals surface area contributed by atoms with E-state index >= 15 is 0 Å². The number of aryl methyl sites for hydroxylation is 2. The predicted molar refractivity (Wildman–Crippen MR) is 101 cm³/mol. The fourth-order valence-corrected chi connectivity index (χ4v) is 3.13. The summed E-state index contributed by atoms with van der Waals surface area (Å²) in [5.41, 5.74) is 6.70. The van der Waals surface area contributed by atoms with Gasteiger partial charge >= 0.3 is 0 Å². The van der Waals surface area contributed by atoms with Crippen LogP contribution in [0.1, 0.15) is 18.2 Å². The SMILES string of the molecule is CCc1ccccc1-n1nc(C)cc1NC(=O)C1=C2N=CC=CN2NC1. The van der Waals surface area contributed by atoms with Crippen LogP contribution in [0.2, 0.25) is 0 Å². The first-order valence-corrected chi connectivity index (χ1v) is 8.60. The Hall–Kier alpha value is -3.19. The minimum absolute atomic E-state index is 0.183. The zero-order chi connectivity index (χ0) is 18.1. The van der Waals surface area contributed by atoms with E-state index in [1.54, 1.807) is 15.9 Å². The zero-order valence-corrected chi connectivity index (χ0v) is 14.7. The molecule has 0 unspecified atom stereocenters. The van der Waals surface area contributed by atoms with E-state index in [-0.39, 0.29) is 5.91 Å². The van der Waals surface area contributed by atoms with E-state index in [1.807, 2.05) is 43.5 Å². The van der Waals surface area contributed by atoms with Crippen molar-refractivity contribution >= 4 is 17.9 Å². The van der Waals surface area contributed by atoms with Crippen LogP contribution in [0, 0.1) is 6.92 Å². The second-order valence-electron chi connectivity index (χ2n) is 6.15. The van der Waals surface area contributed by atoms with E-state index in [9.17, 15) is 4.79 Å². The molecule has 4 rings (SSSR count). The molecule has 0 bridgehead atoms. The monoisotopic (exact) mass is 348 g/mol. The maximum Gasteiger partial charge on any atom is 0.257 e. The fourth-order valence-electron chi connectivity index (χ4n) is 3.13. The molecule has 2 aliphatic rings. The van der Waals surface area contributed by atoms with Crippen LogP contribution in [0.25, 0.3) is 5.69 Å². The average molecular weight is 348 g/mol. The van der Waals surface area contributed by atoms with Gasteiger partial charge in [0.05, 0.1) is 17.0 Å². The lowest BCUT2D eigenvalue weighted by atomic mass is 10.1. The van der Waals surface area contributed by atoms with Gasteiger partial charge in [0.2, 0.25) is 0 Å². The minimum atomic E-state index is -0.183. The number of hydrogen-bond donors (Lipinski definition) is 2. The summed E-state index contributed by atoms with van der Waals surface area (Å²) in [5.74, 6) is 1.09. The van der Waals surface area contributed by atoms with E-state index < -0.39 is 0 Å². The largest absolute Gasteiger partial charge is 0.307 e. The molecular formula is C19H20N6O. The van der Waals surface area contributed by atoms with Gasteiger partial charge in [0, 0.05) is 25.0 Å². The lowest BCUT2D eigenvalue weighted by molar-refractivity contribution is -0.112. The zero-order valence-electron chi connectivity index (χ0n) is 14.7. The highest BCUT2D eigenvalue weighted by atomic mass is 16.2. The van der Waals surface area contributed by atoms with Crippen molar-refractivity contribution in [2.75, 3.05) is 11.9 Å². The Morgan fingerprint density at radius 1 is 1.35 bits per heavy atom. The lowest BCUT2D eigenvalue weighted by Crippen LogP contribution is -2.27. The number of benzene rings is 1. The molecule has 1 aromatic heterocycles. The van der Waals surface area contributed by atoms with Crippen LogP contribution in [0.4, 0.5) is 5.82 Å². The Morgan fingerprint density at radius 2 is 2.19 bits per heavy atom. The summed E-state index contributed by atoms with van der Waals surface area (Å²) in [5, 5.41) is 9.32. The Kier molecular flexibility index (Phi) is 4.14. The van der Waals surface area contributed by atoms with Crippen LogP contribution in [0.3, 0.4) is 0 Å². The first-order chi connectivity index (χ1) is 12.7. The number of allylic oxidation sites excluding steroid dienone is 1. The van der Waals surface area contributed by atoms with Crippen molar-refractivity contribution in [3.63, 3.8) is 0 Å². The van der Waals surface area contributed by atoms with E-state index in [0.29, 0.717) is 23.8 Å². The van der Waals surface area contributed by atoms with Crippen molar-refractivity contribution in [2.45, 2.75) is 20.3 Å². The second-order valence-corrected chi connectivity index (χ2v) is 6.15. The van der Waals surface area contributed by atoms with Crippen molar-refractivity contribution in [3.8, 4) is 5.69 Å². The molecule has 0 fully saturated rings. The van der Waals surface area contributed by atoms with Crippen molar-refractivity contribution in [1.29, 1.82) is 0 Å². The summed E-state index contributed by atoms with van der Waals surface area (Å²) < 4.78 is 1.79. The molecule has 7 nitrogen and oxygen atoms in total. The maximum atomic E-state index is 12.8. The number of anilines is 1. The molecule has 3 heterocycles. The van der Waals surface area contributed by atoms with Gasteiger partial charge in [-0.3, -0.25) is 9.80 Å². The number of rotatable bonds is 4. The number of hydrazine groups is 1. The Labute approximate surface area is 151 Å². The number of amides is 1. The molecule has 26 heavy (non-hydrogen) atoms. The van der Waals surface area contributed by atoms with Gasteiger partial charge in [0.15, 0.2) is 5.82 Å². The van der Waals surface area contributed by atoms with Gasteiger partial charge in [-0.25, -0.2) is 15.1 Å². The lowest BCUT2D eigenvalue weighted by Gasteiger charge is -2.16. The standard InChI is InChI=1S/C19H20N6O/c1-3-14-7-4-5-8-16(14)25-17(11-13(2)23-25)22-19(26)15-12-21-24-10-6-9-20-18(15)24/h4-11,21H,3,12H2,1-2H3,(H,22,26). The highest BCUT2D eigenvalue weighted by Crippen LogP contribution is 2.24. The first kappa shape index (κ1) is 16.3. The number of nitrogens with zero attached hydrogens (tertiary/aromatic N) is 4. The number of aliphatic imine (C=N–C) groups is 1. The molecule has 1 aromatic carbocycles. The van der Waals surface area contributed by atoms with Crippen molar-refractivity contribution in [1.82, 2.24) is 20.2 Å². The average Bonchev–Trinajstić information content (AvgIpc) is 3.25. The van der Waals surface area contributed by atoms with Gasteiger partial charge < -0.3 is 5.32 Å². The number of hydrogen-bond acceptors (Lipinski definition) is 5. The van der Waals surface area contributed by atoms with Crippen LogP contribution in [0.15, 0.2) is 59.0 Å². The van der Waals surface area contributed by atoms with E-state index in [1.165, 1.54) is 5.56 Å². The highest BCUT2D eigenvalue weighted by molar-refractivity contribution is 6.04. The number of carbonyl (C=O) groups is 1. The van der Waals surface area contributed by atoms with Gasteiger partial charge in [0.25, 0.3) is 5.91 Å². The summed E-state index contributed by atoms with van der Waals surface area (Å²) in [6, 6.07) is 9.95. The third-order valence-corrected chi connectivity index (χ3v) is 4.39. The van der Waals surface area contributed by atoms with Gasteiger partial charge in [-0.2, -0.15) is 5.10 Å². The molecule has 0 radical (unpaired) electrons. The normalized spacial score (nSPS) is 15.5. The van der Waals surface area contributed by atoms with Gasteiger partial charge in [-0.05, 0) is 31.1 Å². The molecule has 0 saturated carbocycles. The van der Waals surface area contributed by atoms with E-state index in [0.717, 1.165) is 17.8 Å². The van der Waals surface area contributed by atoms with E-state index in [2.05, 4.69) is 33.8 Å². The number of para-hydroxylation sites is 1.